The molecule has 2 rings (SSSR count). The molecule has 0 unspecified atom stereocenters. The molecule has 4 nitrogen and oxygen atoms in total. The highest BCUT2D eigenvalue weighted by molar-refractivity contribution is 7.71. The second-order valence-electron chi connectivity index (χ2n) is 3.75. The number of benzene rings is 1. The molecule has 1 N–H and O–H groups in total. The lowest BCUT2D eigenvalue weighted by Gasteiger charge is -2.07. The van der Waals surface area contributed by atoms with Crippen LogP contribution in [0.4, 0.5) is 0 Å². The number of hydrogen-bond donors (Lipinski definition) is 1. The van der Waals surface area contributed by atoms with Gasteiger partial charge in [-0.15, -0.1) is 0 Å². The lowest BCUT2D eigenvalue weighted by Crippen LogP contribution is -1.98. The summed E-state index contributed by atoms with van der Waals surface area (Å²) in [5.74, 6) is 1.72. The van der Waals surface area contributed by atoms with Gasteiger partial charge < -0.3 is 4.74 Å². The quantitative estimate of drug-likeness (QED) is 0.847. The Morgan fingerprint density at radius 3 is 2.59 bits per heavy atom. The highest BCUT2D eigenvalue weighted by atomic mass is 32.1. The van der Waals surface area contributed by atoms with Crippen LogP contribution < -0.4 is 4.74 Å². The Morgan fingerprint density at radius 1 is 1.35 bits per heavy atom. The van der Waals surface area contributed by atoms with E-state index in [9.17, 15) is 0 Å². The molecule has 0 radical (unpaired) electrons. The number of rotatable bonds is 4. The first kappa shape index (κ1) is 11.9. The van der Waals surface area contributed by atoms with Gasteiger partial charge in [-0.05, 0) is 49.8 Å². The van der Waals surface area contributed by atoms with Crippen molar-refractivity contribution >= 4 is 12.2 Å². The van der Waals surface area contributed by atoms with Crippen LogP contribution in [0.25, 0.3) is 5.69 Å². The monoisotopic (exact) mass is 249 g/mol. The molecule has 0 amide bonds. The number of aromatic amines is 1. The van der Waals surface area contributed by atoms with Gasteiger partial charge in [-0.3, -0.25) is 9.67 Å². The van der Waals surface area contributed by atoms with Crippen molar-refractivity contribution in [1.29, 1.82) is 0 Å². The molecule has 0 fully saturated rings. The predicted octanol–water partition coefficient (Wildman–Crippen LogP) is 3.03. The van der Waals surface area contributed by atoms with Crippen LogP contribution in [0.15, 0.2) is 24.3 Å². The zero-order valence-electron chi connectivity index (χ0n) is 9.93. The first-order chi connectivity index (χ1) is 8.22. The molecule has 17 heavy (non-hydrogen) atoms. The average molecular weight is 249 g/mol. The third-order valence-corrected chi connectivity index (χ3v) is 2.68. The van der Waals surface area contributed by atoms with E-state index < -0.39 is 0 Å². The maximum absolute atomic E-state index is 5.53. The molecule has 2 aromatic rings. The molecule has 0 atom stereocenters. The van der Waals surface area contributed by atoms with E-state index >= 15 is 0 Å². The summed E-state index contributed by atoms with van der Waals surface area (Å²) in [5, 5.41) is 6.85. The molecule has 0 saturated heterocycles. The zero-order chi connectivity index (χ0) is 12.3. The molecule has 0 aliphatic rings. The number of ether oxygens (including phenoxy) is 1. The number of H-pyrrole nitrogens is 1. The Bertz CT molecular complexity index is 542. The number of aryl methyl sites for hydroxylation is 1. The average Bonchev–Trinajstić information content (AvgIpc) is 2.67. The molecule has 1 aromatic heterocycles. The normalized spacial score (nSPS) is 10.5. The van der Waals surface area contributed by atoms with Crippen LogP contribution in [0.5, 0.6) is 5.75 Å². The molecule has 0 spiro atoms. The summed E-state index contributed by atoms with van der Waals surface area (Å²) in [6.07, 6.45) is 1.01. The lowest BCUT2D eigenvalue weighted by atomic mass is 10.3. The SMILES string of the molecule is CCCOc1ccc(-n2c(C)n[nH]c2=S)cc1. The van der Waals surface area contributed by atoms with Gasteiger partial charge in [0, 0.05) is 5.69 Å². The number of hydrogen-bond acceptors (Lipinski definition) is 3. The predicted molar refractivity (Wildman–Crippen MR) is 69.3 cm³/mol. The van der Waals surface area contributed by atoms with Gasteiger partial charge in [0.15, 0.2) is 4.77 Å². The van der Waals surface area contributed by atoms with Gasteiger partial charge in [0.1, 0.15) is 11.6 Å². The van der Waals surface area contributed by atoms with Crippen LogP contribution in [-0.2, 0) is 0 Å². The van der Waals surface area contributed by atoms with Gasteiger partial charge in [0.2, 0.25) is 0 Å². The number of aromatic nitrogens is 3. The van der Waals surface area contributed by atoms with Crippen LogP contribution in [0.1, 0.15) is 19.2 Å². The second-order valence-corrected chi connectivity index (χ2v) is 4.14. The standard InChI is InChI=1S/C12H15N3OS/c1-3-8-16-11-6-4-10(5-7-11)15-9(2)13-14-12(15)17/h4-7H,3,8H2,1-2H3,(H,14,17). The molecule has 0 saturated carbocycles. The van der Waals surface area contributed by atoms with Crippen LogP contribution in [0, 0.1) is 11.7 Å². The van der Waals surface area contributed by atoms with E-state index in [2.05, 4.69) is 17.1 Å². The largest absolute Gasteiger partial charge is 0.494 e. The Kier molecular flexibility index (Phi) is 3.58. The van der Waals surface area contributed by atoms with Crippen molar-refractivity contribution in [3.8, 4) is 11.4 Å². The number of nitrogens with zero attached hydrogens (tertiary/aromatic N) is 2. The molecule has 1 heterocycles. The Hall–Kier alpha value is -1.62. The molecule has 0 bridgehead atoms. The van der Waals surface area contributed by atoms with E-state index in [0.717, 1.165) is 30.3 Å². The third kappa shape index (κ3) is 2.55. The van der Waals surface area contributed by atoms with E-state index in [1.54, 1.807) is 0 Å². The van der Waals surface area contributed by atoms with Gasteiger partial charge in [-0.25, -0.2) is 0 Å². The summed E-state index contributed by atoms with van der Waals surface area (Å²) in [5.41, 5.74) is 0.991. The van der Waals surface area contributed by atoms with Crippen molar-refractivity contribution in [1.82, 2.24) is 14.8 Å². The highest BCUT2D eigenvalue weighted by Gasteiger charge is 2.03. The Balaban J connectivity index is 2.27. The van der Waals surface area contributed by atoms with Crippen molar-refractivity contribution in [2.75, 3.05) is 6.61 Å². The third-order valence-electron chi connectivity index (χ3n) is 2.41. The molecule has 1 aromatic carbocycles. The van der Waals surface area contributed by atoms with Crippen LogP contribution in [-0.4, -0.2) is 21.4 Å². The number of nitrogens with one attached hydrogen (secondary N) is 1. The lowest BCUT2D eigenvalue weighted by molar-refractivity contribution is 0.317. The Morgan fingerprint density at radius 2 is 2.06 bits per heavy atom. The van der Waals surface area contributed by atoms with Crippen LogP contribution in [0.2, 0.25) is 0 Å². The van der Waals surface area contributed by atoms with Crippen molar-refractivity contribution in [3.05, 3.63) is 34.9 Å². The van der Waals surface area contributed by atoms with Gasteiger partial charge in [-0.2, -0.15) is 5.10 Å². The molecule has 90 valence electrons. The summed E-state index contributed by atoms with van der Waals surface area (Å²) >= 11 is 5.17. The fourth-order valence-electron chi connectivity index (χ4n) is 1.59. The summed E-state index contributed by atoms with van der Waals surface area (Å²) in [7, 11) is 0. The molecule has 5 heteroatoms. The van der Waals surface area contributed by atoms with Crippen molar-refractivity contribution in [2.45, 2.75) is 20.3 Å². The maximum Gasteiger partial charge on any atom is 0.199 e. The van der Waals surface area contributed by atoms with E-state index in [4.69, 9.17) is 17.0 Å². The first-order valence-electron chi connectivity index (χ1n) is 5.59. The minimum Gasteiger partial charge on any atom is -0.494 e. The van der Waals surface area contributed by atoms with Crippen molar-refractivity contribution < 1.29 is 4.74 Å². The van der Waals surface area contributed by atoms with Gasteiger partial charge in [0.05, 0.1) is 6.61 Å². The van der Waals surface area contributed by atoms with Gasteiger partial charge in [-0.1, -0.05) is 6.92 Å². The first-order valence-corrected chi connectivity index (χ1v) is 6.00. The molecular weight excluding hydrogens is 234 g/mol. The minimum absolute atomic E-state index is 0.602. The van der Waals surface area contributed by atoms with E-state index in [0.29, 0.717) is 4.77 Å². The van der Waals surface area contributed by atoms with Crippen LogP contribution in [0.3, 0.4) is 0 Å². The van der Waals surface area contributed by atoms with E-state index in [-0.39, 0.29) is 0 Å². The van der Waals surface area contributed by atoms with Crippen LogP contribution >= 0.6 is 12.2 Å². The fourth-order valence-corrected chi connectivity index (χ4v) is 1.87. The van der Waals surface area contributed by atoms with Gasteiger partial charge in [0.25, 0.3) is 0 Å². The Labute approximate surface area is 105 Å². The van der Waals surface area contributed by atoms with E-state index in [1.807, 2.05) is 35.8 Å². The maximum atomic E-state index is 5.53. The molecule has 0 aliphatic carbocycles. The van der Waals surface area contributed by atoms with Crippen molar-refractivity contribution in [2.24, 2.45) is 0 Å². The summed E-state index contributed by atoms with van der Waals surface area (Å²) in [6, 6.07) is 7.84. The minimum atomic E-state index is 0.602. The summed E-state index contributed by atoms with van der Waals surface area (Å²) < 4.78 is 8.02. The second kappa shape index (κ2) is 5.14. The highest BCUT2D eigenvalue weighted by Crippen LogP contribution is 2.16. The van der Waals surface area contributed by atoms with Crippen molar-refractivity contribution in [3.63, 3.8) is 0 Å². The fraction of sp³-hybridized carbons (Fsp3) is 0.333. The summed E-state index contributed by atoms with van der Waals surface area (Å²) in [4.78, 5) is 0. The summed E-state index contributed by atoms with van der Waals surface area (Å²) in [6.45, 7) is 4.74. The molecular formula is C12H15N3OS. The van der Waals surface area contributed by atoms with E-state index in [1.165, 1.54) is 0 Å². The zero-order valence-corrected chi connectivity index (χ0v) is 10.8. The topological polar surface area (TPSA) is 42.8 Å². The molecule has 0 aliphatic heterocycles. The smallest absolute Gasteiger partial charge is 0.199 e. The van der Waals surface area contributed by atoms with Gasteiger partial charge >= 0.3 is 0 Å².